The second kappa shape index (κ2) is 3.76. The van der Waals surface area contributed by atoms with E-state index in [1.165, 1.54) is 6.33 Å². The van der Waals surface area contributed by atoms with Gasteiger partial charge in [-0.15, -0.1) is 0 Å². The Labute approximate surface area is 99.1 Å². The largest absolute Gasteiger partial charge is 0.385 e. The zero-order valence-corrected chi connectivity index (χ0v) is 9.28. The summed E-state index contributed by atoms with van der Waals surface area (Å²) in [5.74, 6) is 0. The van der Waals surface area contributed by atoms with E-state index in [9.17, 15) is 10.4 Å². The van der Waals surface area contributed by atoms with Crippen molar-refractivity contribution in [3.05, 3.63) is 24.3 Å². The number of hydrogen-bond acceptors (Lipinski definition) is 5. The first kappa shape index (κ1) is 10.6. The maximum absolute atomic E-state index is 10.4. The van der Waals surface area contributed by atoms with E-state index in [2.05, 4.69) is 16.0 Å². The average molecular weight is 231 g/mol. The standard InChI is InChI=1S/C12H13N3O2/c13-6-12(5-8-1-2-10(12)17-8)11(16)9-3-4-14-7-15-9/h3-4,7-8,10-11,16H,1-2,5H2. The van der Waals surface area contributed by atoms with Crippen molar-refractivity contribution in [3.63, 3.8) is 0 Å². The Morgan fingerprint density at radius 2 is 2.47 bits per heavy atom. The van der Waals surface area contributed by atoms with Crippen LogP contribution in [0.5, 0.6) is 0 Å². The van der Waals surface area contributed by atoms with Crippen molar-refractivity contribution in [1.29, 1.82) is 5.26 Å². The Balaban J connectivity index is 1.95. The summed E-state index contributed by atoms with van der Waals surface area (Å²) >= 11 is 0. The summed E-state index contributed by atoms with van der Waals surface area (Å²) in [5, 5.41) is 19.8. The van der Waals surface area contributed by atoms with Crippen molar-refractivity contribution >= 4 is 0 Å². The van der Waals surface area contributed by atoms with E-state index in [4.69, 9.17) is 4.74 Å². The Kier molecular flexibility index (Phi) is 2.35. The number of aliphatic hydroxyl groups is 1. The molecule has 4 atom stereocenters. The molecule has 0 aliphatic carbocycles. The molecule has 2 saturated heterocycles. The number of hydrogen-bond donors (Lipinski definition) is 1. The number of rotatable bonds is 2. The maximum atomic E-state index is 10.4. The molecular formula is C12H13N3O2. The van der Waals surface area contributed by atoms with Crippen LogP contribution in [-0.2, 0) is 4.74 Å². The molecule has 3 rings (SSSR count). The molecule has 2 aliphatic heterocycles. The lowest BCUT2D eigenvalue weighted by atomic mass is 9.70. The molecule has 2 bridgehead atoms. The number of aromatic nitrogens is 2. The molecule has 1 aromatic heterocycles. The van der Waals surface area contributed by atoms with Crippen LogP contribution < -0.4 is 0 Å². The van der Waals surface area contributed by atoms with Crippen LogP contribution in [0.2, 0.25) is 0 Å². The van der Waals surface area contributed by atoms with E-state index in [1.54, 1.807) is 12.3 Å². The van der Waals surface area contributed by atoms with Gasteiger partial charge < -0.3 is 9.84 Å². The first-order valence-electron chi connectivity index (χ1n) is 5.77. The summed E-state index contributed by atoms with van der Waals surface area (Å²) in [5.41, 5.74) is -0.338. The summed E-state index contributed by atoms with van der Waals surface area (Å²) in [6, 6.07) is 3.92. The highest BCUT2D eigenvalue weighted by Crippen LogP contribution is 2.53. The smallest absolute Gasteiger partial charge is 0.117 e. The van der Waals surface area contributed by atoms with Gasteiger partial charge in [0.05, 0.1) is 24.0 Å². The molecule has 0 aromatic carbocycles. The van der Waals surface area contributed by atoms with Crippen molar-refractivity contribution in [3.8, 4) is 6.07 Å². The van der Waals surface area contributed by atoms with Gasteiger partial charge in [0.15, 0.2) is 0 Å². The fourth-order valence-corrected chi connectivity index (χ4v) is 2.94. The molecule has 4 unspecified atom stereocenters. The van der Waals surface area contributed by atoms with E-state index in [-0.39, 0.29) is 12.2 Å². The molecule has 0 saturated carbocycles. The second-order valence-electron chi connectivity index (χ2n) is 4.72. The monoisotopic (exact) mass is 231 g/mol. The van der Waals surface area contributed by atoms with Crippen molar-refractivity contribution in [1.82, 2.24) is 9.97 Å². The molecule has 0 amide bonds. The van der Waals surface area contributed by atoms with E-state index >= 15 is 0 Å². The van der Waals surface area contributed by atoms with E-state index in [1.807, 2.05) is 0 Å². The third kappa shape index (κ3) is 1.45. The van der Waals surface area contributed by atoms with Crippen LogP contribution in [0.1, 0.15) is 31.1 Å². The van der Waals surface area contributed by atoms with E-state index in [0.717, 1.165) is 12.8 Å². The molecule has 1 aromatic rings. The van der Waals surface area contributed by atoms with Crippen LogP contribution in [-0.4, -0.2) is 27.3 Å². The van der Waals surface area contributed by atoms with Crippen LogP contribution in [0, 0.1) is 16.7 Å². The minimum Gasteiger partial charge on any atom is -0.385 e. The lowest BCUT2D eigenvalue weighted by Gasteiger charge is -2.32. The molecule has 1 N–H and O–H groups in total. The minimum absolute atomic E-state index is 0.121. The lowest BCUT2D eigenvalue weighted by molar-refractivity contribution is 0.00117. The SMILES string of the molecule is N#CC1(C(O)c2ccncn2)CC2CCC1O2. The third-order valence-electron chi connectivity index (χ3n) is 3.83. The summed E-state index contributed by atoms with van der Waals surface area (Å²) in [6.07, 6.45) is 4.46. The second-order valence-corrected chi connectivity index (χ2v) is 4.72. The molecule has 5 nitrogen and oxygen atoms in total. The van der Waals surface area contributed by atoms with Gasteiger partial charge in [-0.2, -0.15) is 5.26 Å². The number of ether oxygens (including phenoxy) is 1. The molecule has 0 radical (unpaired) electrons. The molecule has 17 heavy (non-hydrogen) atoms. The highest BCUT2D eigenvalue weighted by molar-refractivity contribution is 5.21. The fourth-order valence-electron chi connectivity index (χ4n) is 2.94. The zero-order chi connectivity index (χ0) is 11.9. The Bertz CT molecular complexity index is 459. The molecule has 5 heteroatoms. The van der Waals surface area contributed by atoms with Gasteiger partial charge in [0.25, 0.3) is 0 Å². The molecule has 2 fully saturated rings. The number of aliphatic hydroxyl groups excluding tert-OH is 1. The van der Waals surface area contributed by atoms with Gasteiger partial charge in [0.2, 0.25) is 0 Å². The van der Waals surface area contributed by atoms with E-state index in [0.29, 0.717) is 12.1 Å². The average Bonchev–Trinajstić information content (AvgIpc) is 2.99. The predicted octanol–water partition coefficient (Wildman–Crippen LogP) is 0.971. The highest BCUT2D eigenvalue weighted by Gasteiger charge is 2.57. The maximum Gasteiger partial charge on any atom is 0.117 e. The molecular weight excluding hydrogens is 218 g/mol. The third-order valence-corrected chi connectivity index (χ3v) is 3.83. The van der Waals surface area contributed by atoms with Crippen molar-refractivity contribution in [2.45, 2.75) is 37.6 Å². The van der Waals surface area contributed by atoms with Crippen LogP contribution >= 0.6 is 0 Å². The van der Waals surface area contributed by atoms with Crippen molar-refractivity contribution in [2.75, 3.05) is 0 Å². The summed E-state index contributed by atoms with van der Waals surface area (Å²) in [7, 11) is 0. The zero-order valence-electron chi connectivity index (χ0n) is 9.28. The molecule has 88 valence electrons. The summed E-state index contributed by atoms with van der Waals surface area (Å²) in [6.45, 7) is 0. The van der Waals surface area contributed by atoms with Crippen molar-refractivity contribution in [2.24, 2.45) is 5.41 Å². The van der Waals surface area contributed by atoms with Gasteiger partial charge in [-0.05, 0) is 25.3 Å². The quantitative estimate of drug-likeness (QED) is 0.820. The Morgan fingerprint density at radius 3 is 3.00 bits per heavy atom. The van der Waals surface area contributed by atoms with Crippen LogP contribution in [0.15, 0.2) is 18.6 Å². The Morgan fingerprint density at radius 1 is 1.59 bits per heavy atom. The molecule has 2 aliphatic rings. The highest BCUT2D eigenvalue weighted by atomic mass is 16.5. The Hall–Kier alpha value is -1.51. The van der Waals surface area contributed by atoms with Gasteiger partial charge in [-0.25, -0.2) is 9.97 Å². The molecule has 0 spiro atoms. The van der Waals surface area contributed by atoms with Crippen LogP contribution in [0.3, 0.4) is 0 Å². The first-order chi connectivity index (χ1) is 8.26. The minimum atomic E-state index is -0.897. The normalized spacial score (nSPS) is 36.7. The topological polar surface area (TPSA) is 79.0 Å². The first-order valence-corrected chi connectivity index (χ1v) is 5.77. The number of nitrogens with zero attached hydrogens (tertiary/aromatic N) is 3. The summed E-state index contributed by atoms with van der Waals surface area (Å²) in [4.78, 5) is 7.85. The number of fused-ring (bicyclic) bond motifs is 2. The van der Waals surface area contributed by atoms with Gasteiger partial charge in [0, 0.05) is 6.20 Å². The lowest BCUT2D eigenvalue weighted by Crippen LogP contribution is -2.37. The van der Waals surface area contributed by atoms with Crippen molar-refractivity contribution < 1.29 is 9.84 Å². The summed E-state index contributed by atoms with van der Waals surface area (Å²) < 4.78 is 5.70. The molecule has 3 heterocycles. The van der Waals surface area contributed by atoms with Gasteiger partial charge in [-0.3, -0.25) is 0 Å². The fraction of sp³-hybridized carbons (Fsp3) is 0.583. The number of nitriles is 1. The van der Waals surface area contributed by atoms with Gasteiger partial charge >= 0.3 is 0 Å². The van der Waals surface area contributed by atoms with E-state index < -0.39 is 11.5 Å². The van der Waals surface area contributed by atoms with Gasteiger partial charge in [0.1, 0.15) is 17.8 Å². The van der Waals surface area contributed by atoms with Gasteiger partial charge in [-0.1, -0.05) is 0 Å². The van der Waals surface area contributed by atoms with Crippen LogP contribution in [0.4, 0.5) is 0 Å². The predicted molar refractivity (Wildman–Crippen MR) is 57.5 cm³/mol. The van der Waals surface area contributed by atoms with Crippen LogP contribution in [0.25, 0.3) is 0 Å².